The molecule has 0 saturated carbocycles. The molecule has 0 saturated heterocycles. The second-order valence-electron chi connectivity index (χ2n) is 6.80. The van der Waals surface area contributed by atoms with Gasteiger partial charge in [-0.1, -0.05) is 54.6 Å². The Kier molecular flexibility index (Phi) is 6.56. The summed E-state index contributed by atoms with van der Waals surface area (Å²) in [7, 11) is 0. The van der Waals surface area contributed by atoms with Crippen molar-refractivity contribution in [2.75, 3.05) is 0 Å². The van der Waals surface area contributed by atoms with Crippen LogP contribution < -0.4 is 14.2 Å². The van der Waals surface area contributed by atoms with E-state index in [0.29, 0.717) is 16.7 Å². The Hall–Kier alpha value is -4.71. The van der Waals surface area contributed by atoms with Crippen LogP contribution in [0.25, 0.3) is 0 Å². The monoisotopic (exact) mass is 437 g/mol. The molecular weight excluding hydrogens is 420 g/mol. The van der Waals surface area contributed by atoms with Gasteiger partial charge in [-0.15, -0.1) is 0 Å². The molecule has 0 aliphatic carbocycles. The highest BCUT2D eigenvalue weighted by Crippen LogP contribution is 2.33. The molecule has 6 nitrogen and oxygen atoms in total. The number of hydrogen-bond donors (Lipinski definition) is 0. The Morgan fingerprint density at radius 3 is 1.45 bits per heavy atom. The van der Waals surface area contributed by atoms with E-state index < -0.39 is 17.9 Å². The van der Waals surface area contributed by atoms with Gasteiger partial charge in [0.1, 0.15) is 5.75 Å². The molecule has 0 aromatic heterocycles. The van der Waals surface area contributed by atoms with Crippen molar-refractivity contribution in [1.29, 1.82) is 0 Å². The van der Waals surface area contributed by atoms with Crippen LogP contribution in [0.15, 0.2) is 103 Å². The predicted octanol–water partition coefficient (Wildman–Crippen LogP) is 5.14. The van der Waals surface area contributed by atoms with Gasteiger partial charge >= 0.3 is 17.9 Å². The first-order valence-electron chi connectivity index (χ1n) is 9.97. The zero-order chi connectivity index (χ0) is 23.0. The summed E-state index contributed by atoms with van der Waals surface area (Å²) in [4.78, 5) is 37.5. The van der Waals surface area contributed by atoms with Crippen molar-refractivity contribution in [2.24, 2.45) is 0 Å². The third-order valence-electron chi connectivity index (χ3n) is 4.48. The summed E-state index contributed by atoms with van der Waals surface area (Å²) in [5.41, 5.74) is 0.954. The number of rotatable bonds is 6. The third kappa shape index (κ3) is 5.51. The van der Waals surface area contributed by atoms with Crippen LogP contribution in [0.3, 0.4) is 0 Å². The minimum absolute atomic E-state index is 0.0687. The van der Waals surface area contributed by atoms with Crippen LogP contribution in [0.1, 0.15) is 31.1 Å². The lowest BCUT2D eigenvalue weighted by Crippen LogP contribution is -2.13. The fourth-order valence-electron chi connectivity index (χ4n) is 2.86. The molecule has 4 aromatic rings. The lowest BCUT2D eigenvalue weighted by atomic mass is 10.2. The minimum Gasteiger partial charge on any atom is -0.423 e. The van der Waals surface area contributed by atoms with Crippen molar-refractivity contribution < 1.29 is 28.6 Å². The zero-order valence-electron chi connectivity index (χ0n) is 17.3. The molecule has 4 aromatic carbocycles. The average Bonchev–Trinajstić information content (AvgIpc) is 2.87. The van der Waals surface area contributed by atoms with Crippen molar-refractivity contribution in [3.63, 3.8) is 0 Å². The number of esters is 3. The SMILES string of the molecule is O=C(Oc1c[c]c(OC(=O)c2ccccc2)c(OC(=O)c2ccccc2)c1)c1ccccc1. The third-order valence-corrected chi connectivity index (χ3v) is 4.48. The molecule has 1 radical (unpaired) electrons. The first kappa shape index (κ1) is 21.5. The van der Waals surface area contributed by atoms with Gasteiger partial charge in [-0.25, -0.2) is 14.4 Å². The fraction of sp³-hybridized carbons (Fsp3) is 0. The van der Waals surface area contributed by atoms with E-state index in [-0.39, 0.29) is 17.2 Å². The van der Waals surface area contributed by atoms with Crippen molar-refractivity contribution in [1.82, 2.24) is 0 Å². The number of hydrogen-bond acceptors (Lipinski definition) is 6. The van der Waals surface area contributed by atoms with Gasteiger partial charge in [-0.3, -0.25) is 0 Å². The molecule has 0 fully saturated rings. The molecule has 0 spiro atoms. The molecule has 33 heavy (non-hydrogen) atoms. The highest BCUT2D eigenvalue weighted by atomic mass is 16.6. The van der Waals surface area contributed by atoms with E-state index >= 15 is 0 Å². The van der Waals surface area contributed by atoms with E-state index in [4.69, 9.17) is 14.2 Å². The first-order chi connectivity index (χ1) is 16.1. The minimum atomic E-state index is -0.674. The van der Waals surface area contributed by atoms with E-state index in [2.05, 4.69) is 6.07 Å². The van der Waals surface area contributed by atoms with Gasteiger partial charge in [0.15, 0.2) is 11.5 Å². The van der Waals surface area contributed by atoms with Crippen LogP contribution in [0.5, 0.6) is 17.2 Å². The number of ether oxygens (including phenoxy) is 3. The molecule has 0 unspecified atom stereocenters. The summed E-state index contributed by atoms with van der Waals surface area (Å²) >= 11 is 0. The summed E-state index contributed by atoms with van der Waals surface area (Å²) in [6.45, 7) is 0. The summed E-state index contributed by atoms with van der Waals surface area (Å²) in [6.07, 6.45) is 0. The topological polar surface area (TPSA) is 78.9 Å². The molecule has 0 amide bonds. The first-order valence-corrected chi connectivity index (χ1v) is 9.97. The van der Waals surface area contributed by atoms with E-state index in [1.165, 1.54) is 12.1 Å². The quantitative estimate of drug-likeness (QED) is 0.307. The van der Waals surface area contributed by atoms with Crippen LogP contribution in [-0.2, 0) is 0 Å². The van der Waals surface area contributed by atoms with Gasteiger partial charge in [-0.2, -0.15) is 0 Å². The van der Waals surface area contributed by atoms with Crippen molar-refractivity contribution in [3.8, 4) is 17.2 Å². The molecular formula is C27H17O6. The normalized spacial score (nSPS) is 10.2. The van der Waals surface area contributed by atoms with E-state index in [9.17, 15) is 14.4 Å². The van der Waals surface area contributed by atoms with Crippen LogP contribution in [0, 0.1) is 6.07 Å². The molecule has 0 atom stereocenters. The molecule has 0 heterocycles. The molecule has 6 heteroatoms. The van der Waals surface area contributed by atoms with E-state index in [1.807, 2.05) is 0 Å². The van der Waals surface area contributed by atoms with Gasteiger partial charge in [0.25, 0.3) is 0 Å². The number of carbonyl (C=O) groups is 3. The zero-order valence-corrected chi connectivity index (χ0v) is 17.3. The molecule has 161 valence electrons. The maximum atomic E-state index is 12.6. The van der Waals surface area contributed by atoms with Gasteiger partial charge in [0.2, 0.25) is 0 Å². The molecule has 4 rings (SSSR count). The summed E-state index contributed by atoms with van der Waals surface area (Å²) in [6, 6.07) is 30.4. The van der Waals surface area contributed by atoms with Crippen LogP contribution in [0.2, 0.25) is 0 Å². The Labute approximate surface area is 190 Å². The molecule has 0 aliphatic rings. The lowest BCUT2D eigenvalue weighted by molar-refractivity contribution is 0.0678. The van der Waals surface area contributed by atoms with E-state index in [0.717, 1.165) is 0 Å². The Bertz CT molecular complexity index is 1270. The fourth-order valence-corrected chi connectivity index (χ4v) is 2.86. The Balaban J connectivity index is 1.61. The van der Waals surface area contributed by atoms with Gasteiger partial charge in [0.05, 0.1) is 16.7 Å². The van der Waals surface area contributed by atoms with Gasteiger partial charge in [0, 0.05) is 12.1 Å². The Morgan fingerprint density at radius 1 is 0.545 bits per heavy atom. The maximum absolute atomic E-state index is 12.6. The molecule has 0 N–H and O–H groups in total. The highest BCUT2D eigenvalue weighted by molar-refractivity contribution is 5.94. The maximum Gasteiger partial charge on any atom is 0.343 e. The summed E-state index contributed by atoms with van der Waals surface area (Å²) in [5, 5.41) is 0. The smallest absolute Gasteiger partial charge is 0.343 e. The summed E-state index contributed by atoms with van der Waals surface area (Å²) in [5.74, 6) is -2.10. The van der Waals surface area contributed by atoms with Crippen LogP contribution in [-0.4, -0.2) is 17.9 Å². The van der Waals surface area contributed by atoms with E-state index in [1.54, 1.807) is 91.0 Å². The Morgan fingerprint density at radius 2 is 0.970 bits per heavy atom. The van der Waals surface area contributed by atoms with Crippen molar-refractivity contribution in [3.05, 3.63) is 126 Å². The number of benzene rings is 4. The van der Waals surface area contributed by atoms with Crippen molar-refractivity contribution >= 4 is 17.9 Å². The van der Waals surface area contributed by atoms with Gasteiger partial charge in [-0.05, 0) is 42.5 Å². The second kappa shape index (κ2) is 10.1. The number of carbonyl (C=O) groups excluding carboxylic acids is 3. The highest BCUT2D eigenvalue weighted by Gasteiger charge is 2.19. The van der Waals surface area contributed by atoms with Crippen LogP contribution in [0.4, 0.5) is 0 Å². The molecule has 0 bridgehead atoms. The standard InChI is InChI=1S/C27H17O6/c28-25(19-10-4-1-5-11-19)31-22-16-17-23(32-26(29)20-12-6-2-7-13-20)24(18-22)33-27(30)21-14-8-3-9-15-21/h1-16,18H. The van der Waals surface area contributed by atoms with Crippen LogP contribution >= 0.6 is 0 Å². The predicted molar refractivity (Wildman–Crippen MR) is 119 cm³/mol. The van der Waals surface area contributed by atoms with Gasteiger partial charge < -0.3 is 14.2 Å². The largest absolute Gasteiger partial charge is 0.423 e. The average molecular weight is 437 g/mol. The van der Waals surface area contributed by atoms with Crippen molar-refractivity contribution in [2.45, 2.75) is 0 Å². The molecule has 0 aliphatic heterocycles. The second-order valence-corrected chi connectivity index (χ2v) is 6.80. The summed E-state index contributed by atoms with van der Waals surface area (Å²) < 4.78 is 16.2. The lowest BCUT2D eigenvalue weighted by Gasteiger charge is -2.12.